The molecule has 0 unspecified atom stereocenters. The molecule has 0 heterocycles. The van der Waals surface area contributed by atoms with E-state index in [0.717, 1.165) is 6.42 Å². The molecule has 1 aromatic rings. The van der Waals surface area contributed by atoms with Gasteiger partial charge >= 0.3 is 0 Å². The largest absolute Gasteiger partial charge is 0.395 e. The predicted molar refractivity (Wildman–Crippen MR) is 71.1 cm³/mol. The summed E-state index contributed by atoms with van der Waals surface area (Å²) in [6.07, 6.45) is 0.789. The predicted octanol–water partition coefficient (Wildman–Crippen LogP) is 1.75. The highest BCUT2D eigenvalue weighted by atomic mass is 16.6. The molecule has 0 atom stereocenters. The molecule has 6 nitrogen and oxygen atoms in total. The number of hydrogen-bond acceptors (Lipinski definition) is 4. The zero-order valence-corrected chi connectivity index (χ0v) is 11.1. The van der Waals surface area contributed by atoms with Crippen LogP contribution in [0.25, 0.3) is 0 Å². The van der Waals surface area contributed by atoms with Gasteiger partial charge in [-0.1, -0.05) is 6.92 Å². The van der Waals surface area contributed by atoms with Crippen molar-refractivity contribution in [3.8, 4) is 0 Å². The lowest BCUT2D eigenvalue weighted by Gasteiger charge is -2.21. The summed E-state index contributed by atoms with van der Waals surface area (Å²) in [5.41, 5.74) is 0.976. The summed E-state index contributed by atoms with van der Waals surface area (Å²) in [5.74, 6) is -0.205. The van der Waals surface area contributed by atoms with Crippen molar-refractivity contribution in [3.63, 3.8) is 0 Å². The standard InChI is InChI=1S/C13H18N2O4/c1-3-6-14(7-8-16)13(17)12-5-4-11(15(18)19)9-10(12)2/h4-5,9,16H,3,6-8H2,1-2H3. The number of carbonyl (C=O) groups is 1. The van der Waals surface area contributed by atoms with E-state index in [1.165, 1.54) is 18.2 Å². The molecule has 0 fully saturated rings. The Labute approximate surface area is 111 Å². The number of nitrogens with zero attached hydrogens (tertiary/aromatic N) is 2. The Balaban J connectivity index is 3.01. The van der Waals surface area contributed by atoms with Gasteiger partial charge in [-0.2, -0.15) is 0 Å². The van der Waals surface area contributed by atoms with Crippen LogP contribution in [-0.4, -0.2) is 40.5 Å². The van der Waals surface area contributed by atoms with Crippen molar-refractivity contribution in [2.75, 3.05) is 19.7 Å². The second-order valence-electron chi connectivity index (χ2n) is 4.27. The quantitative estimate of drug-likeness (QED) is 0.628. The molecular weight excluding hydrogens is 248 g/mol. The van der Waals surface area contributed by atoms with E-state index in [0.29, 0.717) is 17.7 Å². The lowest BCUT2D eigenvalue weighted by molar-refractivity contribution is -0.384. The first-order valence-electron chi connectivity index (χ1n) is 6.16. The Hall–Kier alpha value is -1.95. The second kappa shape index (κ2) is 6.84. The van der Waals surface area contributed by atoms with Gasteiger partial charge in [-0.05, 0) is 25.0 Å². The molecule has 6 heteroatoms. The maximum Gasteiger partial charge on any atom is 0.269 e. The SMILES string of the molecule is CCCN(CCO)C(=O)c1ccc([N+](=O)[O-])cc1C. The number of non-ortho nitro benzene ring substituents is 1. The lowest BCUT2D eigenvalue weighted by atomic mass is 10.1. The van der Waals surface area contributed by atoms with E-state index >= 15 is 0 Å². The molecule has 1 N–H and O–H groups in total. The van der Waals surface area contributed by atoms with Gasteiger partial charge in [-0.25, -0.2) is 0 Å². The van der Waals surface area contributed by atoms with Crippen LogP contribution in [0.2, 0.25) is 0 Å². The number of aryl methyl sites for hydroxylation is 1. The fourth-order valence-corrected chi connectivity index (χ4v) is 1.88. The number of hydrogen-bond donors (Lipinski definition) is 1. The molecule has 0 saturated carbocycles. The Morgan fingerprint density at radius 1 is 1.42 bits per heavy atom. The van der Waals surface area contributed by atoms with Crippen molar-refractivity contribution in [3.05, 3.63) is 39.4 Å². The van der Waals surface area contributed by atoms with Crippen LogP contribution in [0.3, 0.4) is 0 Å². The number of carbonyl (C=O) groups excluding carboxylic acids is 1. The molecular formula is C13H18N2O4. The van der Waals surface area contributed by atoms with Crippen LogP contribution >= 0.6 is 0 Å². The number of nitro benzene ring substituents is 1. The summed E-state index contributed by atoms with van der Waals surface area (Å²) in [7, 11) is 0. The second-order valence-corrected chi connectivity index (χ2v) is 4.27. The fourth-order valence-electron chi connectivity index (χ4n) is 1.88. The van der Waals surface area contributed by atoms with E-state index < -0.39 is 4.92 Å². The van der Waals surface area contributed by atoms with E-state index in [1.807, 2.05) is 6.92 Å². The van der Waals surface area contributed by atoms with Crippen molar-refractivity contribution >= 4 is 11.6 Å². The molecule has 0 spiro atoms. The first-order chi connectivity index (χ1) is 9.01. The van der Waals surface area contributed by atoms with E-state index in [1.54, 1.807) is 11.8 Å². The smallest absolute Gasteiger partial charge is 0.269 e. The van der Waals surface area contributed by atoms with Crippen molar-refractivity contribution < 1.29 is 14.8 Å². The topological polar surface area (TPSA) is 83.7 Å². The van der Waals surface area contributed by atoms with Crippen LogP contribution in [0.5, 0.6) is 0 Å². The Kier molecular flexibility index (Phi) is 5.44. The highest BCUT2D eigenvalue weighted by molar-refractivity contribution is 5.95. The minimum absolute atomic E-state index is 0.0294. The van der Waals surface area contributed by atoms with Gasteiger partial charge in [-0.3, -0.25) is 14.9 Å². The number of aliphatic hydroxyl groups excluding tert-OH is 1. The molecule has 1 rings (SSSR count). The molecule has 0 radical (unpaired) electrons. The van der Waals surface area contributed by atoms with E-state index in [9.17, 15) is 14.9 Å². The number of aliphatic hydroxyl groups is 1. The average Bonchev–Trinajstić information content (AvgIpc) is 2.37. The maximum atomic E-state index is 12.3. The van der Waals surface area contributed by atoms with Gasteiger partial charge in [0.2, 0.25) is 0 Å². The fraction of sp³-hybridized carbons (Fsp3) is 0.462. The average molecular weight is 266 g/mol. The molecule has 0 bridgehead atoms. The maximum absolute atomic E-state index is 12.3. The van der Waals surface area contributed by atoms with Gasteiger partial charge in [0.15, 0.2) is 0 Å². The van der Waals surface area contributed by atoms with Crippen molar-refractivity contribution in [1.82, 2.24) is 4.90 Å². The van der Waals surface area contributed by atoms with Gasteiger partial charge in [0.25, 0.3) is 11.6 Å². The minimum atomic E-state index is -0.487. The van der Waals surface area contributed by atoms with Gasteiger partial charge < -0.3 is 10.0 Å². The van der Waals surface area contributed by atoms with Gasteiger partial charge in [-0.15, -0.1) is 0 Å². The number of rotatable bonds is 6. The molecule has 0 aliphatic heterocycles. The molecule has 19 heavy (non-hydrogen) atoms. The van der Waals surface area contributed by atoms with Crippen molar-refractivity contribution in [2.24, 2.45) is 0 Å². The third kappa shape index (κ3) is 3.75. The molecule has 0 aliphatic rings. The first kappa shape index (κ1) is 15.1. The summed E-state index contributed by atoms with van der Waals surface area (Å²) in [5, 5.41) is 19.6. The number of benzene rings is 1. The van der Waals surface area contributed by atoms with Crippen LogP contribution < -0.4 is 0 Å². The normalized spacial score (nSPS) is 10.3. The van der Waals surface area contributed by atoms with E-state index in [-0.39, 0.29) is 24.7 Å². The summed E-state index contributed by atoms with van der Waals surface area (Å²) < 4.78 is 0. The third-order valence-corrected chi connectivity index (χ3v) is 2.80. The highest BCUT2D eigenvalue weighted by Gasteiger charge is 2.18. The van der Waals surface area contributed by atoms with Crippen LogP contribution in [0.4, 0.5) is 5.69 Å². The zero-order valence-electron chi connectivity index (χ0n) is 11.1. The Morgan fingerprint density at radius 3 is 2.58 bits per heavy atom. The first-order valence-corrected chi connectivity index (χ1v) is 6.16. The molecule has 0 saturated heterocycles. The van der Waals surface area contributed by atoms with Crippen molar-refractivity contribution in [2.45, 2.75) is 20.3 Å². The Bertz CT molecular complexity index is 468. The third-order valence-electron chi connectivity index (χ3n) is 2.80. The van der Waals surface area contributed by atoms with Gasteiger partial charge in [0, 0.05) is 30.8 Å². The van der Waals surface area contributed by atoms with E-state index in [4.69, 9.17) is 5.11 Å². The van der Waals surface area contributed by atoms with Crippen LogP contribution in [0.15, 0.2) is 18.2 Å². The van der Waals surface area contributed by atoms with Gasteiger partial charge in [0.1, 0.15) is 0 Å². The zero-order chi connectivity index (χ0) is 14.4. The summed E-state index contributed by atoms with van der Waals surface area (Å²) in [6.45, 7) is 4.33. The molecule has 0 aliphatic carbocycles. The molecule has 0 aromatic heterocycles. The lowest BCUT2D eigenvalue weighted by Crippen LogP contribution is -2.34. The molecule has 104 valence electrons. The minimum Gasteiger partial charge on any atom is -0.395 e. The number of amides is 1. The van der Waals surface area contributed by atoms with Gasteiger partial charge in [0.05, 0.1) is 11.5 Å². The number of nitro groups is 1. The summed E-state index contributed by atoms with van der Waals surface area (Å²) >= 11 is 0. The summed E-state index contributed by atoms with van der Waals surface area (Å²) in [4.78, 5) is 24.0. The van der Waals surface area contributed by atoms with Crippen LogP contribution in [0, 0.1) is 17.0 Å². The van der Waals surface area contributed by atoms with Crippen molar-refractivity contribution in [1.29, 1.82) is 0 Å². The van der Waals surface area contributed by atoms with Crippen LogP contribution in [-0.2, 0) is 0 Å². The Morgan fingerprint density at radius 2 is 2.11 bits per heavy atom. The summed E-state index contributed by atoms with van der Waals surface area (Å²) in [6, 6.07) is 4.18. The molecule has 1 aromatic carbocycles. The highest BCUT2D eigenvalue weighted by Crippen LogP contribution is 2.18. The molecule has 1 amide bonds. The monoisotopic (exact) mass is 266 g/mol. The van der Waals surface area contributed by atoms with Crippen LogP contribution in [0.1, 0.15) is 29.3 Å². The van der Waals surface area contributed by atoms with E-state index in [2.05, 4.69) is 0 Å².